The van der Waals surface area contributed by atoms with Crippen molar-refractivity contribution < 1.29 is 27.5 Å². The van der Waals surface area contributed by atoms with E-state index in [1.807, 2.05) is 19.9 Å². The largest absolute Gasteiger partial charge is 0.489 e. The third kappa shape index (κ3) is 5.69. The summed E-state index contributed by atoms with van der Waals surface area (Å²) in [5.41, 5.74) is 0.930. The summed E-state index contributed by atoms with van der Waals surface area (Å²) in [7, 11) is -3.78. The average molecular weight is 501 g/mol. The second-order valence-corrected chi connectivity index (χ2v) is 10.3. The van der Waals surface area contributed by atoms with Crippen molar-refractivity contribution in [2.45, 2.75) is 37.7 Å². The molecule has 2 aliphatic heterocycles. The van der Waals surface area contributed by atoms with Crippen LogP contribution in [0.1, 0.15) is 26.7 Å². The molecule has 0 unspecified atom stereocenters. The second-order valence-electron chi connectivity index (χ2n) is 8.38. The SMILES string of the molecule is CC(C)Oc1ccc(S(=O)(=O)N2CCOCC2)cc1NC(=O)C1=NN(c2ccccc2)C(=O)CC1. The van der Waals surface area contributed by atoms with E-state index in [0.717, 1.165) is 0 Å². The number of carbonyl (C=O) groups excluding carboxylic acids is 2. The van der Waals surface area contributed by atoms with Crippen molar-refractivity contribution >= 4 is 38.9 Å². The molecule has 2 aliphatic rings. The van der Waals surface area contributed by atoms with E-state index in [1.54, 1.807) is 24.3 Å². The number of para-hydroxylation sites is 1. The zero-order valence-corrected chi connectivity index (χ0v) is 20.5. The van der Waals surface area contributed by atoms with E-state index in [2.05, 4.69) is 10.4 Å². The molecule has 1 fully saturated rings. The highest BCUT2D eigenvalue weighted by atomic mass is 32.2. The molecule has 0 saturated carbocycles. The van der Waals surface area contributed by atoms with Crippen molar-refractivity contribution in [1.82, 2.24) is 4.31 Å². The molecule has 0 aromatic heterocycles. The van der Waals surface area contributed by atoms with Crippen molar-refractivity contribution in [2.75, 3.05) is 36.6 Å². The van der Waals surface area contributed by atoms with Gasteiger partial charge in [-0.1, -0.05) is 18.2 Å². The van der Waals surface area contributed by atoms with Crippen LogP contribution in [0.2, 0.25) is 0 Å². The van der Waals surface area contributed by atoms with Crippen LogP contribution < -0.4 is 15.1 Å². The minimum Gasteiger partial charge on any atom is -0.489 e. The maximum atomic E-state index is 13.1. The van der Waals surface area contributed by atoms with Gasteiger partial charge >= 0.3 is 0 Å². The third-order valence-electron chi connectivity index (χ3n) is 5.47. The standard InChI is InChI=1S/C24H28N4O6S/c1-17(2)34-22-10-8-19(35(31,32)27-12-14-33-15-13-27)16-21(22)25-24(30)20-9-11-23(29)28(26-20)18-6-4-3-5-7-18/h3-8,10,16-17H,9,11-15H2,1-2H3,(H,25,30). The summed E-state index contributed by atoms with van der Waals surface area (Å²) < 4.78 is 38.7. The van der Waals surface area contributed by atoms with E-state index in [-0.39, 0.29) is 54.2 Å². The summed E-state index contributed by atoms with van der Waals surface area (Å²) in [6.45, 7) is 4.83. The van der Waals surface area contributed by atoms with Gasteiger partial charge in [0.05, 0.1) is 35.6 Å². The minimum atomic E-state index is -3.78. The van der Waals surface area contributed by atoms with E-state index < -0.39 is 15.9 Å². The monoisotopic (exact) mass is 500 g/mol. The number of anilines is 2. The Kier molecular flexibility index (Phi) is 7.48. The van der Waals surface area contributed by atoms with Crippen molar-refractivity contribution in [3.05, 3.63) is 48.5 Å². The number of hydrazone groups is 1. The van der Waals surface area contributed by atoms with E-state index in [0.29, 0.717) is 24.7 Å². The number of nitrogens with zero attached hydrogens (tertiary/aromatic N) is 3. The van der Waals surface area contributed by atoms with Gasteiger partial charge in [0.2, 0.25) is 15.9 Å². The van der Waals surface area contributed by atoms with E-state index >= 15 is 0 Å². The first-order chi connectivity index (χ1) is 16.8. The molecule has 0 aliphatic carbocycles. The summed E-state index contributed by atoms with van der Waals surface area (Å²) in [6, 6.07) is 13.2. The summed E-state index contributed by atoms with van der Waals surface area (Å²) in [4.78, 5) is 25.6. The van der Waals surface area contributed by atoms with Gasteiger partial charge < -0.3 is 14.8 Å². The molecule has 11 heteroatoms. The lowest BCUT2D eigenvalue weighted by Crippen LogP contribution is -2.40. The van der Waals surface area contributed by atoms with Crippen molar-refractivity contribution in [3.63, 3.8) is 0 Å². The summed E-state index contributed by atoms with van der Waals surface area (Å²) >= 11 is 0. The van der Waals surface area contributed by atoms with E-state index in [1.165, 1.54) is 27.5 Å². The second kappa shape index (κ2) is 10.5. The molecule has 10 nitrogen and oxygen atoms in total. The third-order valence-corrected chi connectivity index (χ3v) is 7.36. The summed E-state index contributed by atoms with van der Waals surface area (Å²) in [6.07, 6.45) is 0.0906. The van der Waals surface area contributed by atoms with Crippen LogP contribution in [-0.2, 0) is 24.3 Å². The van der Waals surface area contributed by atoms with Crippen LogP contribution >= 0.6 is 0 Å². The Hall–Kier alpha value is -3.28. The van der Waals surface area contributed by atoms with Crippen LogP contribution in [0.5, 0.6) is 5.75 Å². The highest BCUT2D eigenvalue weighted by Crippen LogP contribution is 2.31. The molecule has 0 bridgehead atoms. The van der Waals surface area contributed by atoms with Crippen LogP contribution in [-0.4, -0.2) is 62.7 Å². The van der Waals surface area contributed by atoms with Crippen LogP contribution in [0.15, 0.2) is 58.5 Å². The lowest BCUT2D eigenvalue weighted by atomic mass is 10.1. The smallest absolute Gasteiger partial charge is 0.271 e. The maximum Gasteiger partial charge on any atom is 0.271 e. The number of hydrogen-bond acceptors (Lipinski definition) is 7. The number of nitrogens with one attached hydrogen (secondary N) is 1. The Bertz CT molecular complexity index is 1220. The van der Waals surface area contributed by atoms with Gasteiger partial charge in [0.1, 0.15) is 11.5 Å². The predicted octanol–water partition coefficient (Wildman–Crippen LogP) is 2.62. The fourth-order valence-electron chi connectivity index (χ4n) is 3.74. The molecule has 2 aromatic rings. The van der Waals surface area contributed by atoms with Crippen LogP contribution in [0.3, 0.4) is 0 Å². The maximum absolute atomic E-state index is 13.1. The number of sulfonamides is 1. The van der Waals surface area contributed by atoms with Gasteiger partial charge in [-0.05, 0) is 44.2 Å². The fourth-order valence-corrected chi connectivity index (χ4v) is 5.18. The number of amides is 2. The van der Waals surface area contributed by atoms with Gasteiger partial charge in [-0.3, -0.25) is 9.59 Å². The van der Waals surface area contributed by atoms with Crippen LogP contribution in [0, 0.1) is 0 Å². The number of ether oxygens (including phenoxy) is 2. The Morgan fingerprint density at radius 2 is 1.80 bits per heavy atom. The van der Waals surface area contributed by atoms with Gasteiger partial charge in [0, 0.05) is 25.9 Å². The predicted molar refractivity (Wildman–Crippen MR) is 131 cm³/mol. The molecule has 2 heterocycles. The summed E-state index contributed by atoms with van der Waals surface area (Å²) in [5.74, 6) is -0.412. The van der Waals surface area contributed by atoms with Crippen molar-refractivity contribution in [3.8, 4) is 5.75 Å². The molecule has 1 N–H and O–H groups in total. The Morgan fingerprint density at radius 3 is 2.49 bits per heavy atom. The van der Waals surface area contributed by atoms with Crippen molar-refractivity contribution in [2.24, 2.45) is 5.10 Å². The summed E-state index contributed by atoms with van der Waals surface area (Å²) in [5, 5.41) is 8.23. The molecular weight excluding hydrogens is 472 g/mol. The number of benzene rings is 2. The first-order valence-corrected chi connectivity index (χ1v) is 12.8. The normalized spacial score (nSPS) is 17.3. The lowest BCUT2D eigenvalue weighted by molar-refractivity contribution is -0.118. The quantitative estimate of drug-likeness (QED) is 0.625. The van der Waals surface area contributed by atoms with Crippen LogP contribution in [0.4, 0.5) is 11.4 Å². The highest BCUT2D eigenvalue weighted by molar-refractivity contribution is 7.89. The topological polar surface area (TPSA) is 118 Å². The first kappa shape index (κ1) is 24.8. The molecule has 2 amide bonds. The number of morpholine rings is 1. The van der Waals surface area contributed by atoms with Crippen molar-refractivity contribution in [1.29, 1.82) is 0 Å². The van der Waals surface area contributed by atoms with Gasteiger partial charge in [0.15, 0.2) is 0 Å². The molecular formula is C24H28N4O6S. The Labute approximate surface area is 204 Å². The molecule has 0 spiro atoms. The van der Waals surface area contributed by atoms with Gasteiger partial charge in [-0.25, -0.2) is 13.4 Å². The number of hydrogen-bond donors (Lipinski definition) is 1. The zero-order chi connectivity index (χ0) is 25.0. The van der Waals surface area contributed by atoms with E-state index in [9.17, 15) is 18.0 Å². The molecule has 35 heavy (non-hydrogen) atoms. The first-order valence-electron chi connectivity index (χ1n) is 11.4. The Balaban J connectivity index is 1.63. The number of rotatable bonds is 7. The molecule has 0 atom stereocenters. The van der Waals surface area contributed by atoms with Gasteiger partial charge in [-0.15, -0.1) is 0 Å². The van der Waals surface area contributed by atoms with Gasteiger partial charge in [-0.2, -0.15) is 9.41 Å². The molecule has 2 aromatic carbocycles. The molecule has 4 rings (SSSR count). The molecule has 1 saturated heterocycles. The molecule has 0 radical (unpaired) electrons. The lowest BCUT2D eigenvalue weighted by Gasteiger charge is -2.26. The van der Waals surface area contributed by atoms with Crippen LogP contribution in [0.25, 0.3) is 0 Å². The number of carbonyl (C=O) groups is 2. The average Bonchev–Trinajstić information content (AvgIpc) is 2.86. The van der Waals surface area contributed by atoms with E-state index in [4.69, 9.17) is 9.47 Å². The fraction of sp³-hybridized carbons (Fsp3) is 0.375. The highest BCUT2D eigenvalue weighted by Gasteiger charge is 2.29. The zero-order valence-electron chi connectivity index (χ0n) is 19.6. The van der Waals surface area contributed by atoms with Gasteiger partial charge in [0.25, 0.3) is 5.91 Å². The molecule has 186 valence electrons. The Morgan fingerprint density at radius 1 is 1.09 bits per heavy atom. The minimum absolute atomic E-state index is 0.0393.